The van der Waals surface area contributed by atoms with Crippen LogP contribution in [0.2, 0.25) is 0 Å². The lowest BCUT2D eigenvalue weighted by Crippen LogP contribution is -2.39. The lowest BCUT2D eigenvalue weighted by Gasteiger charge is -2.25. The van der Waals surface area contributed by atoms with E-state index in [0.29, 0.717) is 23.3 Å². The Kier molecular flexibility index (Phi) is 4.98. The van der Waals surface area contributed by atoms with E-state index in [2.05, 4.69) is 41.0 Å². The van der Waals surface area contributed by atoms with Crippen LogP contribution < -0.4 is 10.6 Å². The van der Waals surface area contributed by atoms with Gasteiger partial charge in [-0.1, -0.05) is 36.8 Å². The van der Waals surface area contributed by atoms with Gasteiger partial charge in [-0.25, -0.2) is 0 Å². The summed E-state index contributed by atoms with van der Waals surface area (Å²) in [7, 11) is 0. The van der Waals surface area contributed by atoms with Crippen LogP contribution >= 0.6 is 12.4 Å². The molecule has 0 radical (unpaired) electrons. The number of nitrogens with one attached hydrogen (secondary N) is 2. The quantitative estimate of drug-likeness (QED) is 0.891. The molecular weight excluding hydrogens is 308 g/mol. The highest BCUT2D eigenvalue weighted by Gasteiger charge is 2.57. The highest BCUT2D eigenvalue weighted by Crippen LogP contribution is 2.58. The van der Waals surface area contributed by atoms with E-state index in [1.165, 1.54) is 31.2 Å². The van der Waals surface area contributed by atoms with E-state index < -0.39 is 0 Å². The summed E-state index contributed by atoms with van der Waals surface area (Å²) in [5.41, 5.74) is 1.73. The van der Waals surface area contributed by atoms with Crippen LogP contribution in [0.15, 0.2) is 30.3 Å². The van der Waals surface area contributed by atoms with Gasteiger partial charge in [-0.3, -0.25) is 4.79 Å². The van der Waals surface area contributed by atoms with Crippen molar-refractivity contribution in [2.45, 2.75) is 50.5 Å². The van der Waals surface area contributed by atoms with Crippen molar-refractivity contribution < 1.29 is 4.79 Å². The number of amides is 1. The fourth-order valence-electron chi connectivity index (χ4n) is 4.71. The summed E-state index contributed by atoms with van der Waals surface area (Å²) >= 11 is 0. The van der Waals surface area contributed by atoms with Crippen LogP contribution in [0.3, 0.4) is 0 Å². The molecule has 1 saturated heterocycles. The fourth-order valence-corrected chi connectivity index (χ4v) is 4.71. The molecule has 2 aliphatic carbocycles. The van der Waals surface area contributed by atoms with Gasteiger partial charge < -0.3 is 10.6 Å². The summed E-state index contributed by atoms with van der Waals surface area (Å²) in [4.78, 5) is 12.7. The Morgan fingerprint density at radius 1 is 1.13 bits per heavy atom. The molecule has 126 valence electrons. The molecule has 3 unspecified atom stereocenters. The smallest absolute Gasteiger partial charge is 0.223 e. The molecule has 0 bridgehead atoms. The lowest BCUT2D eigenvalue weighted by molar-refractivity contribution is -0.124. The maximum absolute atomic E-state index is 12.7. The Bertz CT molecular complexity index is 542. The SMILES string of the molecule is Cl.O=C(NC1CCCC1c1ccccc1)C1CC12CCNCC2. The van der Waals surface area contributed by atoms with Crippen molar-refractivity contribution >= 4 is 18.3 Å². The number of hydrogen-bond acceptors (Lipinski definition) is 2. The van der Waals surface area contributed by atoms with Crippen molar-refractivity contribution in [2.24, 2.45) is 11.3 Å². The lowest BCUT2D eigenvalue weighted by atomic mass is 9.91. The van der Waals surface area contributed by atoms with Crippen molar-refractivity contribution in [1.29, 1.82) is 0 Å². The van der Waals surface area contributed by atoms with E-state index in [0.717, 1.165) is 25.9 Å². The molecule has 1 aromatic carbocycles. The van der Waals surface area contributed by atoms with E-state index >= 15 is 0 Å². The molecule has 1 aromatic rings. The van der Waals surface area contributed by atoms with E-state index in [1.807, 2.05) is 0 Å². The molecule has 3 aliphatic rings. The van der Waals surface area contributed by atoms with Gasteiger partial charge in [-0.2, -0.15) is 0 Å². The van der Waals surface area contributed by atoms with Crippen LogP contribution in [0, 0.1) is 11.3 Å². The summed E-state index contributed by atoms with van der Waals surface area (Å²) < 4.78 is 0. The van der Waals surface area contributed by atoms with Gasteiger partial charge in [0.05, 0.1) is 0 Å². The number of carbonyl (C=O) groups excluding carboxylic acids is 1. The van der Waals surface area contributed by atoms with Crippen molar-refractivity contribution in [3.05, 3.63) is 35.9 Å². The highest BCUT2D eigenvalue weighted by atomic mass is 35.5. The first kappa shape index (κ1) is 16.8. The minimum atomic E-state index is 0. The Labute approximate surface area is 145 Å². The number of rotatable bonds is 3. The summed E-state index contributed by atoms with van der Waals surface area (Å²) in [5.74, 6) is 1.12. The van der Waals surface area contributed by atoms with Gasteiger partial charge in [0.25, 0.3) is 0 Å². The first-order valence-corrected chi connectivity index (χ1v) is 8.85. The molecule has 3 fully saturated rings. The highest BCUT2D eigenvalue weighted by molar-refractivity contribution is 5.85. The van der Waals surface area contributed by atoms with Gasteiger partial charge in [-0.15, -0.1) is 12.4 Å². The van der Waals surface area contributed by atoms with Crippen molar-refractivity contribution in [3.8, 4) is 0 Å². The van der Waals surface area contributed by atoms with Gasteiger partial charge in [0.2, 0.25) is 5.91 Å². The predicted molar refractivity (Wildman–Crippen MR) is 94.9 cm³/mol. The number of carbonyl (C=O) groups is 1. The van der Waals surface area contributed by atoms with Crippen LogP contribution in [0.5, 0.6) is 0 Å². The topological polar surface area (TPSA) is 41.1 Å². The Morgan fingerprint density at radius 3 is 2.61 bits per heavy atom. The van der Waals surface area contributed by atoms with Gasteiger partial charge >= 0.3 is 0 Å². The van der Waals surface area contributed by atoms with Crippen LogP contribution in [0.4, 0.5) is 0 Å². The average molecular weight is 335 g/mol. The van der Waals surface area contributed by atoms with Gasteiger partial charge in [0.1, 0.15) is 0 Å². The third-order valence-electron chi connectivity index (χ3n) is 6.18. The first-order chi connectivity index (χ1) is 10.8. The van der Waals surface area contributed by atoms with E-state index in [1.54, 1.807) is 0 Å². The third-order valence-corrected chi connectivity index (χ3v) is 6.18. The number of hydrogen-bond donors (Lipinski definition) is 2. The van der Waals surface area contributed by atoms with E-state index in [-0.39, 0.29) is 18.3 Å². The summed E-state index contributed by atoms with van der Waals surface area (Å²) in [6.45, 7) is 2.17. The standard InChI is InChI=1S/C19H26N2O.ClH/c22-18(16-13-19(16)9-11-20-12-10-19)21-17-8-4-7-15(17)14-5-2-1-3-6-14;/h1-3,5-6,15-17,20H,4,7-13H2,(H,21,22);1H. The fraction of sp³-hybridized carbons (Fsp3) is 0.632. The molecule has 4 rings (SSSR count). The Hall–Kier alpha value is -1.06. The maximum Gasteiger partial charge on any atom is 0.223 e. The molecule has 23 heavy (non-hydrogen) atoms. The van der Waals surface area contributed by atoms with Crippen LogP contribution in [-0.2, 0) is 4.79 Å². The summed E-state index contributed by atoms with van der Waals surface area (Å²) in [6, 6.07) is 11.0. The predicted octanol–water partition coefficient (Wildman–Crippen LogP) is 3.25. The minimum Gasteiger partial charge on any atom is -0.352 e. The van der Waals surface area contributed by atoms with Gasteiger partial charge in [-0.05, 0) is 56.2 Å². The second kappa shape index (κ2) is 6.82. The molecule has 4 heteroatoms. The molecule has 1 heterocycles. The van der Waals surface area contributed by atoms with Crippen molar-refractivity contribution in [1.82, 2.24) is 10.6 Å². The largest absolute Gasteiger partial charge is 0.352 e. The first-order valence-electron chi connectivity index (χ1n) is 8.85. The van der Waals surface area contributed by atoms with Gasteiger partial charge in [0.15, 0.2) is 0 Å². The van der Waals surface area contributed by atoms with Gasteiger partial charge in [0, 0.05) is 17.9 Å². The Balaban J connectivity index is 0.00000156. The second-order valence-electron chi connectivity index (χ2n) is 7.43. The average Bonchev–Trinajstić information content (AvgIpc) is 3.05. The molecular formula is C19H27ClN2O. The minimum absolute atomic E-state index is 0. The molecule has 0 aromatic heterocycles. The van der Waals surface area contributed by atoms with Crippen LogP contribution in [-0.4, -0.2) is 25.0 Å². The number of piperidine rings is 1. The molecule has 3 nitrogen and oxygen atoms in total. The monoisotopic (exact) mass is 334 g/mol. The van der Waals surface area contributed by atoms with E-state index in [4.69, 9.17) is 0 Å². The summed E-state index contributed by atoms with van der Waals surface area (Å²) in [6.07, 6.45) is 7.03. The molecule has 1 amide bonds. The van der Waals surface area contributed by atoms with Crippen molar-refractivity contribution in [3.63, 3.8) is 0 Å². The zero-order valence-electron chi connectivity index (χ0n) is 13.6. The molecule has 1 aliphatic heterocycles. The van der Waals surface area contributed by atoms with Crippen LogP contribution in [0.25, 0.3) is 0 Å². The Morgan fingerprint density at radius 2 is 1.87 bits per heavy atom. The molecule has 3 atom stereocenters. The normalized spacial score (nSPS) is 31.4. The number of halogens is 1. The van der Waals surface area contributed by atoms with Crippen LogP contribution in [0.1, 0.15) is 50.0 Å². The zero-order valence-corrected chi connectivity index (χ0v) is 14.4. The van der Waals surface area contributed by atoms with E-state index in [9.17, 15) is 4.79 Å². The second-order valence-corrected chi connectivity index (χ2v) is 7.43. The summed E-state index contributed by atoms with van der Waals surface area (Å²) in [5, 5.41) is 6.81. The third kappa shape index (κ3) is 3.27. The number of benzene rings is 1. The maximum atomic E-state index is 12.7. The zero-order chi connectivity index (χ0) is 15.0. The molecule has 1 spiro atoms. The molecule has 2 N–H and O–H groups in total. The molecule has 2 saturated carbocycles. The van der Waals surface area contributed by atoms with Crippen molar-refractivity contribution in [2.75, 3.05) is 13.1 Å².